The van der Waals surface area contributed by atoms with E-state index in [1.54, 1.807) is 0 Å². The summed E-state index contributed by atoms with van der Waals surface area (Å²) in [6, 6.07) is 0. The molecule has 0 aromatic rings. The maximum atomic E-state index is 3.69. The zero-order chi connectivity index (χ0) is 7.82. The highest BCUT2D eigenvalue weighted by Crippen LogP contribution is 2.09. The average Bonchev–Trinajstić information content (AvgIpc) is 1.98. The number of rotatable bonds is 5. The molecule has 56 valence electrons. The van der Waals surface area contributed by atoms with Gasteiger partial charge in [0.2, 0.25) is 0 Å². The van der Waals surface area contributed by atoms with E-state index >= 15 is 0 Å². The quantitative estimate of drug-likeness (QED) is 0.508. The van der Waals surface area contributed by atoms with Gasteiger partial charge in [0.15, 0.2) is 0 Å². The van der Waals surface area contributed by atoms with Gasteiger partial charge >= 0.3 is 0 Å². The molecule has 0 spiro atoms. The van der Waals surface area contributed by atoms with Gasteiger partial charge in [-0.25, -0.2) is 0 Å². The molecular formula is C10H16. The molecule has 0 aromatic carbocycles. The number of hydrogen-bond donors (Lipinski definition) is 0. The minimum Gasteiger partial charge on any atom is -0.103 e. The van der Waals surface area contributed by atoms with E-state index < -0.39 is 0 Å². The van der Waals surface area contributed by atoms with E-state index in [-0.39, 0.29) is 0 Å². The van der Waals surface area contributed by atoms with Gasteiger partial charge in [0.05, 0.1) is 0 Å². The van der Waals surface area contributed by atoms with Gasteiger partial charge in [-0.1, -0.05) is 23.8 Å². The highest BCUT2D eigenvalue weighted by molar-refractivity contribution is 5.05. The van der Waals surface area contributed by atoms with Gasteiger partial charge in [0.25, 0.3) is 0 Å². The van der Waals surface area contributed by atoms with Crippen LogP contribution >= 0.6 is 0 Å². The summed E-state index contributed by atoms with van der Waals surface area (Å²) >= 11 is 0. The van der Waals surface area contributed by atoms with Gasteiger partial charge in [-0.15, -0.1) is 13.2 Å². The molecule has 0 heteroatoms. The second-order valence-corrected chi connectivity index (χ2v) is 2.27. The van der Waals surface area contributed by atoms with E-state index in [1.165, 1.54) is 5.57 Å². The molecule has 10 heavy (non-hydrogen) atoms. The summed E-state index contributed by atoms with van der Waals surface area (Å²) in [5, 5.41) is 0. The number of hydrogen-bond acceptors (Lipinski definition) is 0. The van der Waals surface area contributed by atoms with E-state index in [0.717, 1.165) is 19.3 Å². The fourth-order valence-electron chi connectivity index (χ4n) is 0.837. The zero-order valence-electron chi connectivity index (χ0n) is 6.77. The molecular weight excluding hydrogens is 120 g/mol. The monoisotopic (exact) mass is 136 g/mol. The smallest absolute Gasteiger partial charge is 0.0142 e. The maximum Gasteiger partial charge on any atom is -0.0142 e. The predicted molar refractivity (Wildman–Crippen MR) is 48.0 cm³/mol. The van der Waals surface area contributed by atoms with E-state index in [4.69, 9.17) is 0 Å². The molecule has 0 aliphatic rings. The lowest BCUT2D eigenvalue weighted by molar-refractivity contribution is 0.938. The fraction of sp³-hybridized carbons (Fsp3) is 0.400. The molecule has 0 aromatic heterocycles. The Balaban J connectivity index is 3.60. The highest BCUT2D eigenvalue weighted by atomic mass is 14.0. The van der Waals surface area contributed by atoms with Crippen molar-refractivity contribution in [3.05, 3.63) is 37.0 Å². The number of allylic oxidation sites excluding steroid dienone is 4. The first-order chi connectivity index (χ1) is 4.85. The summed E-state index contributed by atoms with van der Waals surface area (Å²) in [4.78, 5) is 0. The third-order valence-corrected chi connectivity index (χ3v) is 1.48. The standard InChI is InChI=1S/C10H16/c1-4-7-9-10(6-3)8-5-2/h4-6H,1-2,7-9H2,3H3. The molecule has 0 atom stereocenters. The van der Waals surface area contributed by atoms with Crippen molar-refractivity contribution in [2.75, 3.05) is 0 Å². The highest BCUT2D eigenvalue weighted by Gasteiger charge is 1.89. The Bertz CT molecular complexity index is 129. The van der Waals surface area contributed by atoms with Crippen molar-refractivity contribution in [3.63, 3.8) is 0 Å². The van der Waals surface area contributed by atoms with E-state index in [0.29, 0.717) is 0 Å². The zero-order valence-corrected chi connectivity index (χ0v) is 6.77. The van der Waals surface area contributed by atoms with Crippen molar-refractivity contribution >= 4 is 0 Å². The molecule has 0 bridgehead atoms. The molecule has 0 saturated heterocycles. The minimum absolute atomic E-state index is 1.02. The molecule has 0 saturated carbocycles. The Morgan fingerprint density at radius 1 is 1.30 bits per heavy atom. The third kappa shape index (κ3) is 4.13. The Labute approximate surface area is 64.0 Å². The van der Waals surface area contributed by atoms with Crippen molar-refractivity contribution in [2.24, 2.45) is 0 Å². The van der Waals surface area contributed by atoms with Gasteiger partial charge in [0.1, 0.15) is 0 Å². The van der Waals surface area contributed by atoms with Crippen LogP contribution in [0.15, 0.2) is 37.0 Å². The lowest BCUT2D eigenvalue weighted by atomic mass is 10.1. The van der Waals surface area contributed by atoms with Crippen LogP contribution in [0.25, 0.3) is 0 Å². The van der Waals surface area contributed by atoms with Crippen LogP contribution < -0.4 is 0 Å². The molecule has 0 amide bonds. The van der Waals surface area contributed by atoms with Crippen LogP contribution in [0.2, 0.25) is 0 Å². The van der Waals surface area contributed by atoms with E-state index in [2.05, 4.69) is 26.2 Å². The second-order valence-electron chi connectivity index (χ2n) is 2.27. The molecule has 0 fully saturated rings. The first-order valence-corrected chi connectivity index (χ1v) is 3.71. The lowest BCUT2D eigenvalue weighted by Crippen LogP contribution is -1.79. The van der Waals surface area contributed by atoms with Crippen molar-refractivity contribution in [2.45, 2.75) is 26.2 Å². The van der Waals surface area contributed by atoms with E-state index in [1.807, 2.05) is 12.2 Å². The van der Waals surface area contributed by atoms with Crippen LogP contribution in [-0.2, 0) is 0 Å². The Hall–Kier alpha value is -0.780. The van der Waals surface area contributed by atoms with Crippen LogP contribution in [0.1, 0.15) is 26.2 Å². The average molecular weight is 136 g/mol. The van der Waals surface area contributed by atoms with Crippen molar-refractivity contribution in [1.29, 1.82) is 0 Å². The topological polar surface area (TPSA) is 0 Å². The summed E-state index contributed by atoms with van der Waals surface area (Å²) in [6.07, 6.45) is 9.28. The first-order valence-electron chi connectivity index (χ1n) is 3.71. The molecule has 0 radical (unpaired) electrons. The largest absolute Gasteiger partial charge is 0.103 e. The fourth-order valence-corrected chi connectivity index (χ4v) is 0.837. The van der Waals surface area contributed by atoms with Gasteiger partial charge in [0, 0.05) is 0 Å². The van der Waals surface area contributed by atoms with Crippen LogP contribution in [0.3, 0.4) is 0 Å². The van der Waals surface area contributed by atoms with Crippen molar-refractivity contribution < 1.29 is 0 Å². The molecule has 0 aliphatic heterocycles. The molecule has 0 aliphatic carbocycles. The summed E-state index contributed by atoms with van der Waals surface area (Å²) in [6.45, 7) is 9.44. The summed E-state index contributed by atoms with van der Waals surface area (Å²) in [7, 11) is 0. The van der Waals surface area contributed by atoms with Gasteiger partial charge in [-0.3, -0.25) is 0 Å². The second kappa shape index (κ2) is 6.34. The van der Waals surface area contributed by atoms with Crippen LogP contribution in [-0.4, -0.2) is 0 Å². The van der Waals surface area contributed by atoms with Crippen molar-refractivity contribution in [3.8, 4) is 0 Å². The molecule has 0 unspecified atom stereocenters. The van der Waals surface area contributed by atoms with Crippen LogP contribution in [0.5, 0.6) is 0 Å². The van der Waals surface area contributed by atoms with Gasteiger partial charge in [-0.05, 0) is 26.2 Å². The normalized spacial score (nSPS) is 11.1. The maximum absolute atomic E-state index is 3.69. The summed E-state index contributed by atoms with van der Waals surface area (Å²) < 4.78 is 0. The lowest BCUT2D eigenvalue weighted by Gasteiger charge is -1.99. The van der Waals surface area contributed by atoms with Crippen LogP contribution in [0.4, 0.5) is 0 Å². The Kier molecular flexibility index (Phi) is 5.85. The summed E-state index contributed by atoms with van der Waals surface area (Å²) in [5.74, 6) is 0. The predicted octanol–water partition coefficient (Wildman–Crippen LogP) is 3.48. The SMILES string of the molecule is C=CCCC(=CC)CC=C. The molecule has 0 rings (SSSR count). The molecule has 0 N–H and O–H groups in total. The first kappa shape index (κ1) is 9.22. The molecule has 0 heterocycles. The summed E-state index contributed by atoms with van der Waals surface area (Å²) in [5.41, 5.74) is 1.45. The Morgan fingerprint density at radius 3 is 2.40 bits per heavy atom. The van der Waals surface area contributed by atoms with Gasteiger partial charge < -0.3 is 0 Å². The Morgan fingerprint density at radius 2 is 2.00 bits per heavy atom. The van der Waals surface area contributed by atoms with E-state index in [9.17, 15) is 0 Å². The van der Waals surface area contributed by atoms with Gasteiger partial charge in [-0.2, -0.15) is 0 Å². The third-order valence-electron chi connectivity index (χ3n) is 1.48. The molecule has 0 nitrogen and oxygen atoms in total. The van der Waals surface area contributed by atoms with Crippen molar-refractivity contribution in [1.82, 2.24) is 0 Å². The van der Waals surface area contributed by atoms with Crippen LogP contribution in [0, 0.1) is 0 Å². The minimum atomic E-state index is 1.02.